The van der Waals surface area contributed by atoms with Gasteiger partial charge in [-0.05, 0) is 48.9 Å². The number of hydrogen-bond acceptors (Lipinski definition) is 2. The maximum atomic E-state index is 11.0. The maximum Gasteiger partial charge on any atom is 0.310 e. The molecule has 86 valence electrons. The van der Waals surface area contributed by atoms with Gasteiger partial charge < -0.3 is 9.84 Å². The summed E-state index contributed by atoms with van der Waals surface area (Å²) in [7, 11) is 1.66. The van der Waals surface area contributed by atoms with Gasteiger partial charge in [0.15, 0.2) is 0 Å². The average Bonchev–Trinajstić information content (AvgIpc) is 2.75. The molecule has 0 aliphatic heterocycles. The van der Waals surface area contributed by atoms with E-state index in [0.29, 0.717) is 0 Å². The fourth-order valence-electron chi connectivity index (χ4n) is 2.43. The van der Waals surface area contributed by atoms with Gasteiger partial charge >= 0.3 is 5.97 Å². The molecule has 1 aromatic rings. The minimum atomic E-state index is -0.765. The highest BCUT2D eigenvalue weighted by Crippen LogP contribution is 2.36. The molecule has 0 heterocycles. The van der Waals surface area contributed by atoms with Gasteiger partial charge in [0.1, 0.15) is 5.75 Å². The smallest absolute Gasteiger partial charge is 0.310 e. The Kier molecular flexibility index (Phi) is 2.86. The monoisotopic (exact) mass is 220 g/mol. The lowest BCUT2D eigenvalue weighted by Crippen LogP contribution is -2.10. The Morgan fingerprint density at radius 1 is 1.38 bits per heavy atom. The summed E-state index contributed by atoms with van der Waals surface area (Å²) in [4.78, 5) is 11.0. The molecule has 2 rings (SSSR count). The van der Waals surface area contributed by atoms with Crippen molar-refractivity contribution in [3.05, 3.63) is 28.8 Å². The van der Waals surface area contributed by atoms with Crippen LogP contribution in [0, 0.1) is 0 Å². The molecule has 3 nitrogen and oxygen atoms in total. The van der Waals surface area contributed by atoms with Gasteiger partial charge in [-0.1, -0.05) is 6.07 Å². The van der Waals surface area contributed by atoms with Gasteiger partial charge in [-0.2, -0.15) is 0 Å². The minimum absolute atomic E-state index is 0.433. The molecular formula is C13H16O3. The normalized spacial score (nSPS) is 15.6. The molecule has 1 unspecified atom stereocenters. The second kappa shape index (κ2) is 4.16. The first-order valence-corrected chi connectivity index (χ1v) is 5.56. The van der Waals surface area contributed by atoms with E-state index in [2.05, 4.69) is 0 Å². The second-order valence-corrected chi connectivity index (χ2v) is 4.23. The summed E-state index contributed by atoms with van der Waals surface area (Å²) in [6, 6.07) is 3.78. The van der Waals surface area contributed by atoms with E-state index in [0.717, 1.165) is 30.6 Å². The first-order valence-electron chi connectivity index (χ1n) is 5.56. The highest BCUT2D eigenvalue weighted by atomic mass is 16.5. The zero-order valence-corrected chi connectivity index (χ0v) is 9.62. The van der Waals surface area contributed by atoms with Crippen LogP contribution in [-0.4, -0.2) is 18.2 Å². The predicted octanol–water partition coefficient (Wildman–Crippen LogP) is 2.37. The number of ether oxygens (including phenoxy) is 1. The molecule has 1 N–H and O–H groups in total. The number of hydrogen-bond donors (Lipinski definition) is 1. The van der Waals surface area contributed by atoms with Gasteiger partial charge in [0, 0.05) is 0 Å². The van der Waals surface area contributed by atoms with Crippen LogP contribution in [0.4, 0.5) is 0 Å². The van der Waals surface area contributed by atoms with Crippen molar-refractivity contribution < 1.29 is 14.6 Å². The van der Waals surface area contributed by atoms with E-state index in [1.807, 2.05) is 12.1 Å². The number of fused-ring (bicyclic) bond motifs is 1. The van der Waals surface area contributed by atoms with E-state index in [1.165, 1.54) is 11.1 Å². The van der Waals surface area contributed by atoms with Crippen LogP contribution in [0.5, 0.6) is 5.75 Å². The lowest BCUT2D eigenvalue weighted by atomic mass is 9.93. The summed E-state index contributed by atoms with van der Waals surface area (Å²) in [5.74, 6) is -0.300. The number of rotatable bonds is 3. The summed E-state index contributed by atoms with van der Waals surface area (Å²) in [5, 5.41) is 9.06. The largest absolute Gasteiger partial charge is 0.496 e. The van der Waals surface area contributed by atoms with Gasteiger partial charge in [0.05, 0.1) is 13.0 Å². The van der Waals surface area contributed by atoms with Crippen molar-refractivity contribution in [3.63, 3.8) is 0 Å². The third kappa shape index (κ3) is 1.66. The summed E-state index contributed by atoms with van der Waals surface area (Å²) in [5.41, 5.74) is 3.34. The van der Waals surface area contributed by atoms with Crippen LogP contribution in [-0.2, 0) is 17.6 Å². The standard InChI is InChI=1S/C13H16O3/c1-8(13(14)15)9-6-7-12(16-2)11-5-3-4-10(9)11/h6-8H,3-5H2,1-2H3,(H,14,15). The Labute approximate surface area is 95.0 Å². The zero-order valence-electron chi connectivity index (χ0n) is 9.62. The third-order valence-electron chi connectivity index (χ3n) is 3.33. The quantitative estimate of drug-likeness (QED) is 0.850. The lowest BCUT2D eigenvalue weighted by molar-refractivity contribution is -0.138. The Morgan fingerprint density at radius 3 is 2.69 bits per heavy atom. The summed E-state index contributed by atoms with van der Waals surface area (Å²) in [6.07, 6.45) is 3.06. The van der Waals surface area contributed by atoms with E-state index >= 15 is 0 Å². The number of carboxylic acids is 1. The molecule has 0 bridgehead atoms. The van der Waals surface area contributed by atoms with Gasteiger partial charge in [-0.3, -0.25) is 4.79 Å². The second-order valence-electron chi connectivity index (χ2n) is 4.23. The van der Waals surface area contributed by atoms with E-state index < -0.39 is 11.9 Å². The molecular weight excluding hydrogens is 204 g/mol. The molecule has 0 fully saturated rings. The topological polar surface area (TPSA) is 46.5 Å². The number of aliphatic carboxylic acids is 1. The first-order chi connectivity index (χ1) is 7.65. The van der Waals surface area contributed by atoms with E-state index in [4.69, 9.17) is 9.84 Å². The Hall–Kier alpha value is -1.51. The molecule has 1 atom stereocenters. The summed E-state index contributed by atoms with van der Waals surface area (Å²) in [6.45, 7) is 1.74. The van der Waals surface area contributed by atoms with Crippen molar-refractivity contribution in [2.75, 3.05) is 7.11 Å². The molecule has 0 saturated heterocycles. The van der Waals surface area contributed by atoms with Crippen molar-refractivity contribution in [2.45, 2.75) is 32.1 Å². The molecule has 3 heteroatoms. The van der Waals surface area contributed by atoms with Gasteiger partial charge in [0.2, 0.25) is 0 Å². The highest BCUT2D eigenvalue weighted by Gasteiger charge is 2.24. The number of carboxylic acid groups (broad SMARTS) is 1. The van der Waals surface area contributed by atoms with Gasteiger partial charge in [-0.15, -0.1) is 0 Å². The predicted molar refractivity (Wildman–Crippen MR) is 61.1 cm³/mol. The van der Waals surface area contributed by atoms with Crippen LogP contribution in [0.3, 0.4) is 0 Å². The van der Waals surface area contributed by atoms with Crippen LogP contribution < -0.4 is 4.74 Å². The number of methoxy groups -OCH3 is 1. The van der Waals surface area contributed by atoms with Crippen LogP contribution in [0.25, 0.3) is 0 Å². The van der Waals surface area contributed by atoms with Crippen molar-refractivity contribution in [2.24, 2.45) is 0 Å². The molecule has 0 spiro atoms. The number of carbonyl (C=O) groups is 1. The van der Waals surface area contributed by atoms with Crippen LogP contribution in [0.1, 0.15) is 36.0 Å². The first kappa shape index (κ1) is 11.0. The molecule has 0 amide bonds. The molecule has 1 aromatic carbocycles. The van der Waals surface area contributed by atoms with Crippen molar-refractivity contribution in [3.8, 4) is 5.75 Å². The average molecular weight is 220 g/mol. The minimum Gasteiger partial charge on any atom is -0.496 e. The van der Waals surface area contributed by atoms with Gasteiger partial charge in [0.25, 0.3) is 0 Å². The van der Waals surface area contributed by atoms with Crippen molar-refractivity contribution in [1.82, 2.24) is 0 Å². The van der Waals surface area contributed by atoms with E-state index in [-0.39, 0.29) is 0 Å². The molecule has 1 aliphatic carbocycles. The molecule has 0 saturated carbocycles. The van der Waals surface area contributed by atoms with Crippen molar-refractivity contribution in [1.29, 1.82) is 0 Å². The highest BCUT2D eigenvalue weighted by molar-refractivity contribution is 5.76. The molecule has 0 radical (unpaired) electrons. The summed E-state index contributed by atoms with van der Waals surface area (Å²) >= 11 is 0. The lowest BCUT2D eigenvalue weighted by Gasteiger charge is -2.14. The maximum absolute atomic E-state index is 11.0. The fraction of sp³-hybridized carbons (Fsp3) is 0.462. The molecule has 0 aromatic heterocycles. The SMILES string of the molecule is COc1ccc(C(C)C(=O)O)c2c1CCC2. The van der Waals surface area contributed by atoms with Gasteiger partial charge in [-0.25, -0.2) is 0 Å². The fourth-order valence-corrected chi connectivity index (χ4v) is 2.43. The van der Waals surface area contributed by atoms with Crippen LogP contribution in [0.15, 0.2) is 12.1 Å². The Balaban J connectivity index is 2.49. The van der Waals surface area contributed by atoms with E-state index in [1.54, 1.807) is 14.0 Å². The third-order valence-corrected chi connectivity index (χ3v) is 3.33. The van der Waals surface area contributed by atoms with Crippen LogP contribution in [0.2, 0.25) is 0 Å². The summed E-state index contributed by atoms with van der Waals surface area (Å²) < 4.78 is 5.30. The Morgan fingerprint density at radius 2 is 2.06 bits per heavy atom. The molecule has 16 heavy (non-hydrogen) atoms. The Bertz CT molecular complexity index is 423. The number of benzene rings is 1. The zero-order chi connectivity index (χ0) is 11.7. The van der Waals surface area contributed by atoms with E-state index in [9.17, 15) is 4.79 Å². The van der Waals surface area contributed by atoms with Crippen LogP contribution >= 0.6 is 0 Å². The van der Waals surface area contributed by atoms with Crippen molar-refractivity contribution >= 4 is 5.97 Å². The molecule has 1 aliphatic rings.